The molecule has 2 heterocycles. The molecule has 1 saturated carbocycles. The highest BCUT2D eigenvalue weighted by atomic mass is 16.4. The van der Waals surface area contributed by atoms with Gasteiger partial charge in [-0.3, -0.25) is 9.48 Å². The van der Waals surface area contributed by atoms with Crippen molar-refractivity contribution in [2.75, 3.05) is 0 Å². The van der Waals surface area contributed by atoms with E-state index in [2.05, 4.69) is 5.10 Å². The number of hydrogen-bond acceptors (Lipinski definition) is 4. The molecule has 0 unspecified atom stereocenters. The van der Waals surface area contributed by atoms with Gasteiger partial charge in [0.25, 0.3) is 5.91 Å². The monoisotopic (exact) mass is 341 g/mol. The molecule has 0 saturated heterocycles. The van der Waals surface area contributed by atoms with Gasteiger partial charge in [0.15, 0.2) is 0 Å². The summed E-state index contributed by atoms with van der Waals surface area (Å²) in [5.41, 5.74) is 3.63. The average molecular weight is 341 g/mol. The molecule has 2 aliphatic rings. The van der Waals surface area contributed by atoms with Gasteiger partial charge in [0.05, 0.1) is 17.8 Å². The Balaban J connectivity index is 1.64. The van der Waals surface area contributed by atoms with Crippen molar-refractivity contribution in [3.63, 3.8) is 0 Å². The first-order valence-electron chi connectivity index (χ1n) is 9.07. The van der Waals surface area contributed by atoms with Crippen molar-refractivity contribution in [2.24, 2.45) is 7.05 Å². The molecule has 6 nitrogen and oxygen atoms in total. The third-order valence-corrected chi connectivity index (χ3v) is 5.49. The highest BCUT2D eigenvalue weighted by Crippen LogP contribution is 2.30. The lowest BCUT2D eigenvalue weighted by Crippen LogP contribution is -2.38. The van der Waals surface area contributed by atoms with E-state index in [0.29, 0.717) is 12.1 Å². The summed E-state index contributed by atoms with van der Waals surface area (Å²) in [6.07, 6.45) is 8.91. The van der Waals surface area contributed by atoms with E-state index in [1.807, 2.05) is 16.6 Å². The summed E-state index contributed by atoms with van der Waals surface area (Å²) in [5.74, 6) is -0.0759. The number of rotatable bonds is 4. The van der Waals surface area contributed by atoms with Gasteiger partial charge in [-0.05, 0) is 43.7 Å². The Morgan fingerprint density at radius 3 is 2.80 bits per heavy atom. The Bertz CT molecular complexity index is 826. The smallest absolute Gasteiger partial charge is 0.335 e. The largest absolute Gasteiger partial charge is 0.430 e. The number of nitrogens with zero attached hydrogens (tertiary/aromatic N) is 3. The number of aryl methyl sites for hydroxylation is 1. The minimum Gasteiger partial charge on any atom is -0.430 e. The maximum atomic E-state index is 13.1. The van der Waals surface area contributed by atoms with E-state index in [1.54, 1.807) is 6.07 Å². The topological polar surface area (TPSA) is 68.3 Å². The number of hydrogen-bond donors (Lipinski definition) is 0. The van der Waals surface area contributed by atoms with Gasteiger partial charge in [0.1, 0.15) is 6.26 Å². The number of carbonyl (C=O) groups excluding carboxylic acids is 1. The fourth-order valence-corrected chi connectivity index (χ4v) is 4.21. The Labute approximate surface area is 146 Å². The molecule has 0 spiro atoms. The van der Waals surface area contributed by atoms with Gasteiger partial charge in [-0.1, -0.05) is 12.8 Å². The van der Waals surface area contributed by atoms with Crippen molar-refractivity contribution in [1.29, 1.82) is 0 Å². The fraction of sp³-hybridized carbons (Fsp3) is 0.526. The molecule has 6 heteroatoms. The minimum absolute atomic E-state index is 0.0759. The van der Waals surface area contributed by atoms with Gasteiger partial charge in [-0.15, -0.1) is 0 Å². The summed E-state index contributed by atoms with van der Waals surface area (Å²) in [6, 6.07) is 3.09. The number of carbonyl (C=O) groups is 1. The molecule has 4 rings (SSSR count). The second kappa shape index (κ2) is 6.50. The van der Waals surface area contributed by atoms with Crippen molar-refractivity contribution >= 4 is 5.91 Å². The van der Waals surface area contributed by atoms with Crippen LogP contribution in [0.1, 0.15) is 59.4 Å². The van der Waals surface area contributed by atoms with Crippen molar-refractivity contribution < 1.29 is 9.21 Å². The zero-order chi connectivity index (χ0) is 17.4. The van der Waals surface area contributed by atoms with Crippen LogP contribution in [0.2, 0.25) is 0 Å². The van der Waals surface area contributed by atoms with Gasteiger partial charge in [0, 0.05) is 24.8 Å². The zero-order valence-electron chi connectivity index (χ0n) is 14.5. The average Bonchev–Trinajstić information content (AvgIpc) is 3.33. The molecule has 2 aliphatic carbocycles. The molecule has 2 aromatic rings. The zero-order valence-corrected chi connectivity index (χ0v) is 14.5. The lowest BCUT2D eigenvalue weighted by Gasteiger charge is -2.28. The molecule has 25 heavy (non-hydrogen) atoms. The van der Waals surface area contributed by atoms with Gasteiger partial charge in [-0.2, -0.15) is 5.10 Å². The maximum Gasteiger partial charge on any atom is 0.335 e. The van der Waals surface area contributed by atoms with Crippen LogP contribution in [0.25, 0.3) is 0 Å². The minimum atomic E-state index is -0.438. The quantitative estimate of drug-likeness (QED) is 0.856. The normalized spacial score (nSPS) is 17.0. The maximum absolute atomic E-state index is 13.1. The molecule has 1 fully saturated rings. The van der Waals surface area contributed by atoms with E-state index in [1.165, 1.54) is 23.6 Å². The van der Waals surface area contributed by atoms with E-state index in [0.717, 1.165) is 50.6 Å². The van der Waals surface area contributed by atoms with Crippen molar-refractivity contribution in [3.05, 3.63) is 51.3 Å². The second-order valence-corrected chi connectivity index (χ2v) is 7.06. The first-order valence-corrected chi connectivity index (χ1v) is 9.07. The van der Waals surface area contributed by atoms with Crippen LogP contribution < -0.4 is 5.63 Å². The van der Waals surface area contributed by atoms with E-state index in [9.17, 15) is 9.59 Å². The molecular formula is C19H23N3O3. The summed E-state index contributed by atoms with van der Waals surface area (Å²) >= 11 is 0. The van der Waals surface area contributed by atoms with Gasteiger partial charge in [-0.25, -0.2) is 4.79 Å². The SMILES string of the molecule is Cn1nc(CN(C(=O)c2ccc(=O)oc2)C2CCCC2)c2c1CCC2. The van der Waals surface area contributed by atoms with Crippen LogP contribution in [0.15, 0.2) is 27.6 Å². The molecule has 0 bridgehead atoms. The Morgan fingerprint density at radius 1 is 1.28 bits per heavy atom. The molecule has 0 aliphatic heterocycles. The Kier molecular flexibility index (Phi) is 4.19. The lowest BCUT2D eigenvalue weighted by molar-refractivity contribution is 0.0658. The number of aromatic nitrogens is 2. The van der Waals surface area contributed by atoms with Crippen LogP contribution in [0.5, 0.6) is 0 Å². The van der Waals surface area contributed by atoms with Crippen LogP contribution >= 0.6 is 0 Å². The summed E-state index contributed by atoms with van der Waals surface area (Å²) in [4.78, 5) is 26.2. The third kappa shape index (κ3) is 3.01. The first-order chi connectivity index (χ1) is 12.1. The van der Waals surface area contributed by atoms with E-state index >= 15 is 0 Å². The van der Waals surface area contributed by atoms with Crippen LogP contribution in [0.4, 0.5) is 0 Å². The van der Waals surface area contributed by atoms with Gasteiger partial charge < -0.3 is 9.32 Å². The predicted molar refractivity (Wildman–Crippen MR) is 92.3 cm³/mol. The first kappa shape index (κ1) is 16.1. The third-order valence-electron chi connectivity index (χ3n) is 5.49. The van der Waals surface area contributed by atoms with Crippen LogP contribution in [-0.4, -0.2) is 26.6 Å². The van der Waals surface area contributed by atoms with E-state index < -0.39 is 5.63 Å². The van der Waals surface area contributed by atoms with Crippen molar-refractivity contribution in [2.45, 2.75) is 57.5 Å². The summed E-state index contributed by atoms with van der Waals surface area (Å²) in [7, 11) is 1.99. The molecule has 0 aromatic carbocycles. The molecule has 0 atom stereocenters. The van der Waals surface area contributed by atoms with Crippen LogP contribution in [0, 0.1) is 0 Å². The van der Waals surface area contributed by atoms with E-state index in [-0.39, 0.29) is 11.9 Å². The molecule has 1 amide bonds. The number of fused-ring (bicyclic) bond motifs is 1. The summed E-state index contributed by atoms with van der Waals surface area (Å²) < 4.78 is 6.87. The van der Waals surface area contributed by atoms with Gasteiger partial charge in [0.2, 0.25) is 0 Å². The van der Waals surface area contributed by atoms with Crippen LogP contribution in [0.3, 0.4) is 0 Å². The molecule has 2 aromatic heterocycles. The Morgan fingerprint density at radius 2 is 2.08 bits per heavy atom. The highest BCUT2D eigenvalue weighted by Gasteiger charge is 2.30. The fourth-order valence-electron chi connectivity index (χ4n) is 4.21. The number of amides is 1. The molecular weight excluding hydrogens is 318 g/mol. The molecule has 0 N–H and O–H groups in total. The second-order valence-electron chi connectivity index (χ2n) is 7.06. The highest BCUT2D eigenvalue weighted by molar-refractivity contribution is 5.94. The standard InChI is InChI=1S/C19H23N3O3/c1-21-17-8-4-7-15(17)16(20-21)11-22(14-5-2-3-6-14)19(24)13-9-10-18(23)25-12-13/h9-10,12,14H,2-8,11H2,1H3. The molecule has 0 radical (unpaired) electrons. The summed E-state index contributed by atoms with van der Waals surface area (Å²) in [6.45, 7) is 0.534. The van der Waals surface area contributed by atoms with Crippen molar-refractivity contribution in [1.82, 2.24) is 14.7 Å². The Hall–Kier alpha value is -2.37. The lowest BCUT2D eigenvalue weighted by atomic mass is 10.1. The molecule has 132 valence electrons. The van der Waals surface area contributed by atoms with Crippen molar-refractivity contribution in [3.8, 4) is 0 Å². The van der Waals surface area contributed by atoms with E-state index in [4.69, 9.17) is 4.42 Å². The van der Waals surface area contributed by atoms with Crippen LogP contribution in [-0.2, 0) is 26.4 Å². The van der Waals surface area contributed by atoms with Gasteiger partial charge >= 0.3 is 5.63 Å². The predicted octanol–water partition coefficient (Wildman–Crippen LogP) is 2.45. The summed E-state index contributed by atoms with van der Waals surface area (Å²) in [5, 5.41) is 4.68.